The van der Waals surface area contributed by atoms with E-state index in [0.717, 1.165) is 17.8 Å². The van der Waals surface area contributed by atoms with Gasteiger partial charge in [-0.05, 0) is 51.7 Å². The second-order valence-corrected chi connectivity index (χ2v) is 5.31. The van der Waals surface area contributed by atoms with Crippen LogP contribution in [0, 0.1) is 0 Å². The molecule has 1 aliphatic heterocycles. The Kier molecular flexibility index (Phi) is 4.69. The summed E-state index contributed by atoms with van der Waals surface area (Å²) in [6, 6.07) is 4.86. The predicted molar refractivity (Wildman–Crippen MR) is 74.1 cm³/mol. The van der Waals surface area contributed by atoms with Crippen molar-refractivity contribution in [2.45, 2.75) is 32.0 Å². The van der Waals surface area contributed by atoms with Crippen LogP contribution in [0.1, 0.15) is 24.1 Å². The largest absolute Gasteiger partial charge is 0.326 e. The molecule has 0 aliphatic carbocycles. The Labute approximate surface area is 110 Å². The van der Waals surface area contributed by atoms with Crippen LogP contribution in [0.25, 0.3) is 0 Å². The SMILES string of the molecule is CN1CCC(N(C)Cc2ccc(CN)cn2)CC1. The first-order valence-electron chi connectivity index (χ1n) is 6.71. The lowest BCUT2D eigenvalue weighted by Gasteiger charge is -2.34. The fourth-order valence-corrected chi connectivity index (χ4v) is 2.49. The van der Waals surface area contributed by atoms with Gasteiger partial charge in [-0.1, -0.05) is 6.07 Å². The van der Waals surface area contributed by atoms with Gasteiger partial charge in [-0.3, -0.25) is 9.88 Å². The molecule has 2 N–H and O–H groups in total. The first-order chi connectivity index (χ1) is 8.69. The molecule has 1 aromatic heterocycles. The van der Waals surface area contributed by atoms with Crippen molar-refractivity contribution in [1.82, 2.24) is 14.8 Å². The van der Waals surface area contributed by atoms with E-state index in [2.05, 4.69) is 41.0 Å². The number of piperidine rings is 1. The van der Waals surface area contributed by atoms with Gasteiger partial charge in [0.1, 0.15) is 0 Å². The van der Waals surface area contributed by atoms with Crippen molar-refractivity contribution in [3.8, 4) is 0 Å². The molecule has 2 heterocycles. The quantitative estimate of drug-likeness (QED) is 0.865. The third-order valence-electron chi connectivity index (χ3n) is 3.84. The average molecular weight is 248 g/mol. The molecule has 0 aromatic carbocycles. The highest BCUT2D eigenvalue weighted by atomic mass is 15.2. The molecule has 100 valence electrons. The van der Waals surface area contributed by atoms with E-state index in [0.29, 0.717) is 12.6 Å². The number of nitrogens with two attached hydrogens (primary N) is 1. The van der Waals surface area contributed by atoms with Gasteiger partial charge in [0.15, 0.2) is 0 Å². The molecule has 0 spiro atoms. The molecule has 0 saturated carbocycles. The molecule has 0 amide bonds. The number of rotatable bonds is 4. The molecule has 0 atom stereocenters. The van der Waals surface area contributed by atoms with Crippen molar-refractivity contribution < 1.29 is 0 Å². The normalized spacial score (nSPS) is 18.4. The number of hydrogen-bond donors (Lipinski definition) is 1. The van der Waals surface area contributed by atoms with E-state index in [4.69, 9.17) is 5.73 Å². The third kappa shape index (κ3) is 3.51. The summed E-state index contributed by atoms with van der Waals surface area (Å²) >= 11 is 0. The lowest BCUT2D eigenvalue weighted by Crippen LogP contribution is -2.41. The third-order valence-corrected chi connectivity index (χ3v) is 3.84. The van der Waals surface area contributed by atoms with Crippen LogP contribution in [0.3, 0.4) is 0 Å². The number of hydrogen-bond acceptors (Lipinski definition) is 4. The summed E-state index contributed by atoms with van der Waals surface area (Å²) < 4.78 is 0. The lowest BCUT2D eigenvalue weighted by molar-refractivity contribution is 0.138. The number of likely N-dealkylation sites (tertiary alicyclic amines) is 1. The molecular weight excluding hydrogens is 224 g/mol. The van der Waals surface area contributed by atoms with Crippen molar-refractivity contribution in [2.24, 2.45) is 5.73 Å². The Bertz CT molecular complexity index is 355. The Morgan fingerprint density at radius 2 is 2.11 bits per heavy atom. The zero-order valence-electron chi connectivity index (χ0n) is 11.5. The monoisotopic (exact) mass is 248 g/mol. The van der Waals surface area contributed by atoms with Gasteiger partial charge in [0, 0.05) is 25.3 Å². The van der Waals surface area contributed by atoms with Crippen LogP contribution in [0.15, 0.2) is 18.3 Å². The van der Waals surface area contributed by atoms with Gasteiger partial charge in [-0.25, -0.2) is 0 Å². The van der Waals surface area contributed by atoms with Gasteiger partial charge in [-0.15, -0.1) is 0 Å². The standard InChI is InChI=1S/C14H24N4/c1-17-7-5-14(6-8-17)18(2)11-13-4-3-12(9-15)10-16-13/h3-4,10,14H,5-9,11,15H2,1-2H3. The minimum atomic E-state index is 0.568. The Morgan fingerprint density at radius 3 is 2.67 bits per heavy atom. The summed E-state index contributed by atoms with van der Waals surface area (Å²) in [4.78, 5) is 9.30. The van der Waals surface area contributed by atoms with E-state index in [9.17, 15) is 0 Å². The van der Waals surface area contributed by atoms with Crippen molar-refractivity contribution in [2.75, 3.05) is 27.2 Å². The number of pyridine rings is 1. The van der Waals surface area contributed by atoms with E-state index in [1.807, 2.05) is 6.20 Å². The van der Waals surface area contributed by atoms with Crippen LogP contribution in [0.2, 0.25) is 0 Å². The lowest BCUT2D eigenvalue weighted by atomic mass is 10.0. The molecular formula is C14H24N4. The van der Waals surface area contributed by atoms with E-state index in [1.165, 1.54) is 25.9 Å². The van der Waals surface area contributed by atoms with Gasteiger partial charge in [0.25, 0.3) is 0 Å². The van der Waals surface area contributed by atoms with Gasteiger partial charge in [-0.2, -0.15) is 0 Å². The van der Waals surface area contributed by atoms with E-state index in [-0.39, 0.29) is 0 Å². The molecule has 0 radical (unpaired) electrons. The van der Waals surface area contributed by atoms with E-state index < -0.39 is 0 Å². The summed E-state index contributed by atoms with van der Waals surface area (Å²) in [5.74, 6) is 0. The van der Waals surface area contributed by atoms with Gasteiger partial charge in [0.05, 0.1) is 5.69 Å². The van der Waals surface area contributed by atoms with Gasteiger partial charge >= 0.3 is 0 Å². The first-order valence-corrected chi connectivity index (χ1v) is 6.71. The fourth-order valence-electron chi connectivity index (χ4n) is 2.49. The van der Waals surface area contributed by atoms with Gasteiger partial charge < -0.3 is 10.6 Å². The Balaban J connectivity index is 1.87. The van der Waals surface area contributed by atoms with Crippen LogP contribution in [-0.2, 0) is 13.1 Å². The molecule has 4 heteroatoms. The molecule has 0 unspecified atom stereocenters. The average Bonchev–Trinajstić information content (AvgIpc) is 2.40. The smallest absolute Gasteiger partial charge is 0.0544 e. The second kappa shape index (κ2) is 6.27. The highest BCUT2D eigenvalue weighted by Crippen LogP contribution is 2.16. The molecule has 1 fully saturated rings. The minimum absolute atomic E-state index is 0.568. The topological polar surface area (TPSA) is 45.4 Å². The van der Waals surface area contributed by atoms with Gasteiger partial charge in [0.2, 0.25) is 0 Å². The van der Waals surface area contributed by atoms with E-state index >= 15 is 0 Å². The zero-order chi connectivity index (χ0) is 13.0. The second-order valence-electron chi connectivity index (χ2n) is 5.31. The highest BCUT2D eigenvalue weighted by Gasteiger charge is 2.20. The molecule has 4 nitrogen and oxygen atoms in total. The van der Waals surface area contributed by atoms with Crippen molar-refractivity contribution in [1.29, 1.82) is 0 Å². The summed E-state index contributed by atoms with van der Waals surface area (Å²) in [6.07, 6.45) is 4.40. The number of aromatic nitrogens is 1. The van der Waals surface area contributed by atoms with Crippen molar-refractivity contribution in [3.05, 3.63) is 29.6 Å². The molecule has 18 heavy (non-hydrogen) atoms. The van der Waals surface area contributed by atoms with Crippen LogP contribution < -0.4 is 5.73 Å². The van der Waals surface area contributed by atoms with Crippen molar-refractivity contribution in [3.63, 3.8) is 0 Å². The maximum atomic E-state index is 5.58. The summed E-state index contributed by atoms with van der Waals surface area (Å²) in [5, 5.41) is 0. The van der Waals surface area contributed by atoms with Crippen LogP contribution in [0.5, 0.6) is 0 Å². The molecule has 0 bridgehead atoms. The molecule has 1 aliphatic rings. The molecule has 2 rings (SSSR count). The van der Waals surface area contributed by atoms with Crippen LogP contribution in [-0.4, -0.2) is 48.0 Å². The minimum Gasteiger partial charge on any atom is -0.326 e. The zero-order valence-corrected chi connectivity index (χ0v) is 11.5. The molecule has 1 aromatic rings. The maximum absolute atomic E-state index is 5.58. The summed E-state index contributed by atoms with van der Waals surface area (Å²) in [6.45, 7) is 3.90. The summed E-state index contributed by atoms with van der Waals surface area (Å²) in [7, 11) is 4.40. The Hall–Kier alpha value is -0.970. The number of nitrogens with zero attached hydrogens (tertiary/aromatic N) is 3. The first kappa shape index (κ1) is 13.5. The van der Waals surface area contributed by atoms with E-state index in [1.54, 1.807) is 0 Å². The molecule has 1 saturated heterocycles. The Morgan fingerprint density at radius 1 is 1.39 bits per heavy atom. The predicted octanol–water partition coefficient (Wildman–Crippen LogP) is 1.07. The summed E-state index contributed by atoms with van der Waals surface area (Å²) in [5.41, 5.74) is 7.81. The fraction of sp³-hybridized carbons (Fsp3) is 0.643. The van der Waals surface area contributed by atoms with Crippen LogP contribution in [0.4, 0.5) is 0 Å². The maximum Gasteiger partial charge on any atom is 0.0544 e. The van der Waals surface area contributed by atoms with Crippen molar-refractivity contribution >= 4 is 0 Å². The highest BCUT2D eigenvalue weighted by molar-refractivity contribution is 5.13. The van der Waals surface area contributed by atoms with Crippen LogP contribution >= 0.6 is 0 Å².